The van der Waals surface area contributed by atoms with E-state index in [9.17, 15) is 13.2 Å². The van der Waals surface area contributed by atoms with Gasteiger partial charge < -0.3 is 11.1 Å². The number of nitrogens with one attached hydrogen (secondary N) is 1. The van der Waals surface area contributed by atoms with Gasteiger partial charge in [-0.25, -0.2) is 0 Å². The van der Waals surface area contributed by atoms with Crippen LogP contribution in [-0.2, 0) is 0 Å². The lowest BCUT2D eigenvalue weighted by Crippen LogP contribution is -2.34. The van der Waals surface area contributed by atoms with Crippen molar-refractivity contribution >= 4 is 11.8 Å². The highest BCUT2D eigenvalue weighted by molar-refractivity contribution is 8.02. The van der Waals surface area contributed by atoms with Crippen molar-refractivity contribution in [2.45, 2.75) is 11.7 Å². The molecule has 0 aromatic heterocycles. The predicted molar refractivity (Wildman–Crippen MR) is 32.8 cm³/mol. The van der Waals surface area contributed by atoms with Gasteiger partial charge in [0.05, 0.1) is 0 Å². The fourth-order valence-corrected chi connectivity index (χ4v) is 1.19. The normalized spacial score (nSPS) is 26.0. The summed E-state index contributed by atoms with van der Waals surface area (Å²) in [6, 6.07) is 0. The molecule has 0 saturated heterocycles. The summed E-state index contributed by atoms with van der Waals surface area (Å²) in [5, 5.41) is 3.05. The molecule has 1 rings (SSSR count). The van der Waals surface area contributed by atoms with Crippen LogP contribution in [0.2, 0.25) is 0 Å². The van der Waals surface area contributed by atoms with Crippen molar-refractivity contribution < 1.29 is 13.2 Å². The van der Waals surface area contributed by atoms with Crippen molar-refractivity contribution in [2.75, 3.05) is 0 Å². The highest BCUT2D eigenvalue weighted by Gasteiger charge is 2.37. The van der Waals surface area contributed by atoms with Gasteiger partial charge in [0.2, 0.25) is 0 Å². The molecular formula is C4H5F3N2S. The van der Waals surface area contributed by atoms with Crippen LogP contribution >= 0.6 is 11.8 Å². The van der Waals surface area contributed by atoms with Crippen LogP contribution in [0.1, 0.15) is 0 Å². The van der Waals surface area contributed by atoms with Crippen LogP contribution in [0.4, 0.5) is 13.2 Å². The Balaban J connectivity index is 2.60. The lowest BCUT2D eigenvalue weighted by atomic mass is 10.5. The van der Waals surface area contributed by atoms with Crippen LogP contribution in [0.3, 0.4) is 0 Å². The average Bonchev–Trinajstić information content (AvgIpc) is 2.11. The molecule has 6 heteroatoms. The van der Waals surface area contributed by atoms with Gasteiger partial charge in [0.25, 0.3) is 0 Å². The first kappa shape index (κ1) is 7.74. The second-order valence-electron chi connectivity index (χ2n) is 1.73. The van der Waals surface area contributed by atoms with Gasteiger partial charge in [0.15, 0.2) is 0 Å². The molecule has 1 heterocycles. The number of halogens is 3. The molecule has 1 aliphatic rings. The molecule has 0 aromatic rings. The van der Waals surface area contributed by atoms with E-state index in [-0.39, 0.29) is 0 Å². The second-order valence-corrected chi connectivity index (χ2v) is 2.75. The van der Waals surface area contributed by atoms with E-state index in [4.69, 9.17) is 5.73 Å². The highest BCUT2D eigenvalue weighted by atomic mass is 32.2. The molecule has 0 spiro atoms. The third-order valence-corrected chi connectivity index (χ3v) is 1.72. The van der Waals surface area contributed by atoms with Crippen LogP contribution in [-0.4, -0.2) is 11.7 Å². The number of thioether (sulfide) groups is 1. The highest BCUT2D eigenvalue weighted by Crippen LogP contribution is 2.30. The van der Waals surface area contributed by atoms with E-state index in [2.05, 4.69) is 5.32 Å². The third kappa shape index (κ3) is 1.57. The summed E-state index contributed by atoms with van der Waals surface area (Å²) >= 11 is 0.917. The largest absolute Gasteiger partial charge is 0.431 e. The molecular weight excluding hydrogens is 165 g/mol. The molecule has 2 nitrogen and oxygen atoms in total. The van der Waals surface area contributed by atoms with Crippen molar-refractivity contribution in [2.24, 2.45) is 5.73 Å². The Hall–Kier alpha value is -0.360. The maximum atomic E-state index is 11.7. The van der Waals surface area contributed by atoms with Gasteiger partial charge >= 0.3 is 6.18 Å². The molecule has 1 atom stereocenters. The molecule has 1 aliphatic heterocycles. The van der Waals surface area contributed by atoms with Crippen molar-refractivity contribution in [3.05, 3.63) is 11.1 Å². The minimum absolute atomic E-state index is 0.656. The zero-order chi connectivity index (χ0) is 7.78. The molecule has 0 aromatic carbocycles. The van der Waals surface area contributed by atoms with Crippen molar-refractivity contribution in [1.29, 1.82) is 0 Å². The van der Waals surface area contributed by atoms with Gasteiger partial charge in [0, 0.05) is 5.41 Å². The fraction of sp³-hybridized carbons (Fsp3) is 0.500. The van der Waals surface area contributed by atoms with E-state index in [0.717, 1.165) is 17.2 Å². The number of hydrogen-bond donors (Lipinski definition) is 2. The quantitative estimate of drug-likeness (QED) is 0.569. The van der Waals surface area contributed by atoms with Crippen LogP contribution in [0.25, 0.3) is 0 Å². The van der Waals surface area contributed by atoms with Gasteiger partial charge in [-0.05, 0) is 0 Å². The Morgan fingerprint density at radius 3 is 2.40 bits per heavy atom. The lowest BCUT2D eigenvalue weighted by molar-refractivity contribution is -0.0962. The summed E-state index contributed by atoms with van der Waals surface area (Å²) in [6.07, 6.45) is -4.29. The molecule has 0 fully saturated rings. The molecule has 3 N–H and O–H groups in total. The molecule has 0 amide bonds. The summed E-state index contributed by atoms with van der Waals surface area (Å²) in [4.78, 5) is 0. The molecule has 0 saturated carbocycles. The van der Waals surface area contributed by atoms with E-state index in [1.165, 1.54) is 0 Å². The first-order valence-corrected chi connectivity index (χ1v) is 3.39. The summed E-state index contributed by atoms with van der Waals surface area (Å²) in [5.74, 6) is 0. The lowest BCUT2D eigenvalue weighted by Gasteiger charge is -2.09. The van der Waals surface area contributed by atoms with Crippen LogP contribution < -0.4 is 11.1 Å². The van der Waals surface area contributed by atoms with Gasteiger partial charge in [-0.2, -0.15) is 13.2 Å². The standard InChI is InChI=1S/C4H5F3N2S/c5-4(6,7)2-1-10-3(8)9-2/h1,3,9H,8H2. The minimum Gasteiger partial charge on any atom is -0.357 e. The number of rotatable bonds is 0. The van der Waals surface area contributed by atoms with E-state index >= 15 is 0 Å². The third-order valence-electron chi connectivity index (χ3n) is 0.936. The summed E-state index contributed by atoms with van der Waals surface area (Å²) in [7, 11) is 0. The van der Waals surface area contributed by atoms with Crippen molar-refractivity contribution in [3.63, 3.8) is 0 Å². The zero-order valence-electron chi connectivity index (χ0n) is 4.77. The zero-order valence-corrected chi connectivity index (χ0v) is 5.59. The Morgan fingerprint density at radius 1 is 1.60 bits per heavy atom. The maximum absolute atomic E-state index is 11.7. The van der Waals surface area contributed by atoms with Crippen molar-refractivity contribution in [1.82, 2.24) is 5.32 Å². The Kier molecular flexibility index (Phi) is 1.82. The van der Waals surface area contributed by atoms with Crippen LogP contribution in [0, 0.1) is 0 Å². The monoisotopic (exact) mass is 170 g/mol. The summed E-state index contributed by atoms with van der Waals surface area (Å²) < 4.78 is 35.2. The van der Waals surface area contributed by atoms with E-state index in [0.29, 0.717) is 0 Å². The topological polar surface area (TPSA) is 38.0 Å². The smallest absolute Gasteiger partial charge is 0.357 e. The van der Waals surface area contributed by atoms with Gasteiger partial charge in [0.1, 0.15) is 11.2 Å². The van der Waals surface area contributed by atoms with Crippen molar-refractivity contribution in [3.8, 4) is 0 Å². The summed E-state index contributed by atoms with van der Waals surface area (Å²) in [6.45, 7) is 0. The Labute approximate surface area is 59.6 Å². The van der Waals surface area contributed by atoms with E-state index in [1.54, 1.807) is 0 Å². The number of alkyl halides is 3. The van der Waals surface area contributed by atoms with Crippen LogP contribution in [0.15, 0.2) is 11.1 Å². The van der Waals surface area contributed by atoms with Gasteiger partial charge in [-0.15, -0.1) is 0 Å². The maximum Gasteiger partial charge on any atom is 0.431 e. The number of allylic oxidation sites excluding steroid dienone is 1. The number of hydrogen-bond acceptors (Lipinski definition) is 3. The predicted octanol–water partition coefficient (Wildman–Crippen LogP) is 0.969. The second kappa shape index (κ2) is 2.35. The Morgan fingerprint density at radius 2 is 2.20 bits per heavy atom. The van der Waals surface area contributed by atoms with Crippen LogP contribution in [0.5, 0.6) is 0 Å². The van der Waals surface area contributed by atoms with Gasteiger partial charge in [-0.1, -0.05) is 11.8 Å². The van der Waals surface area contributed by atoms with E-state index < -0.39 is 17.4 Å². The molecule has 0 radical (unpaired) electrons. The molecule has 10 heavy (non-hydrogen) atoms. The first-order valence-electron chi connectivity index (χ1n) is 2.45. The molecule has 1 unspecified atom stereocenters. The minimum atomic E-state index is -4.29. The average molecular weight is 170 g/mol. The fourth-order valence-electron chi connectivity index (χ4n) is 0.511. The van der Waals surface area contributed by atoms with E-state index in [1.807, 2.05) is 0 Å². The first-order chi connectivity index (χ1) is 4.50. The SMILES string of the molecule is NC1NC(C(F)(F)F)=CS1. The number of nitrogens with two attached hydrogens (primary N) is 1. The molecule has 0 aliphatic carbocycles. The van der Waals surface area contributed by atoms with Gasteiger partial charge in [-0.3, -0.25) is 0 Å². The molecule has 58 valence electrons. The molecule has 0 bridgehead atoms. The summed E-state index contributed by atoms with van der Waals surface area (Å²) in [5.41, 5.74) is 3.71. The Bertz CT molecular complexity index is 164.